The molecule has 272 valence electrons. The topological polar surface area (TPSA) is 166 Å². The molecule has 53 heavy (non-hydrogen) atoms. The van der Waals surface area contributed by atoms with Crippen LogP contribution in [0.5, 0.6) is 17.2 Å². The second kappa shape index (κ2) is 16.8. The zero-order chi connectivity index (χ0) is 37.3. The summed E-state index contributed by atoms with van der Waals surface area (Å²) >= 11 is 0. The van der Waals surface area contributed by atoms with Crippen molar-refractivity contribution in [3.05, 3.63) is 77.6 Å². The number of benzene rings is 3. The Hall–Kier alpha value is -6.29. The third-order valence-corrected chi connectivity index (χ3v) is 9.14. The molecule has 13 nitrogen and oxygen atoms in total. The van der Waals surface area contributed by atoms with Gasteiger partial charge >= 0.3 is 5.97 Å². The van der Waals surface area contributed by atoms with Gasteiger partial charge in [-0.25, -0.2) is 9.97 Å². The smallest absolute Gasteiger partial charge is 0.311 e. The summed E-state index contributed by atoms with van der Waals surface area (Å²) in [4.78, 5) is 71.9. The van der Waals surface area contributed by atoms with E-state index < -0.39 is 35.6 Å². The van der Waals surface area contributed by atoms with E-state index in [0.717, 1.165) is 60.1 Å². The van der Waals surface area contributed by atoms with Crippen molar-refractivity contribution in [2.45, 2.75) is 70.3 Å². The van der Waals surface area contributed by atoms with E-state index in [0.29, 0.717) is 35.9 Å². The number of piperidine rings is 1. The monoisotopic (exact) mass is 717 g/mol. The van der Waals surface area contributed by atoms with Crippen LogP contribution in [0.15, 0.2) is 60.9 Å². The maximum Gasteiger partial charge on any atom is 0.311 e. The van der Waals surface area contributed by atoms with Crippen molar-refractivity contribution in [1.82, 2.24) is 20.2 Å². The van der Waals surface area contributed by atoms with Crippen LogP contribution in [0.4, 0.5) is 11.5 Å². The van der Waals surface area contributed by atoms with Crippen molar-refractivity contribution < 1.29 is 38.2 Å². The molecule has 0 saturated carbocycles. The minimum absolute atomic E-state index is 0.0348. The van der Waals surface area contributed by atoms with Crippen LogP contribution in [0, 0.1) is 12.3 Å². The van der Waals surface area contributed by atoms with E-state index in [4.69, 9.17) is 20.6 Å². The lowest BCUT2D eigenvalue weighted by Crippen LogP contribution is -2.54. The molecule has 0 spiro atoms. The molecule has 0 bridgehead atoms. The number of carbonyl (C=O) groups is 5. The highest BCUT2D eigenvalue weighted by molar-refractivity contribution is 6.23. The number of esters is 1. The predicted molar refractivity (Wildman–Crippen MR) is 195 cm³/mol. The fourth-order valence-electron chi connectivity index (χ4n) is 6.39. The molecule has 0 radical (unpaired) electrons. The molecule has 4 aromatic rings. The maximum atomic E-state index is 13.0. The summed E-state index contributed by atoms with van der Waals surface area (Å²) < 4.78 is 17.1. The molecular weight excluding hydrogens is 678 g/mol. The maximum absolute atomic E-state index is 13.0. The number of rotatable bonds is 16. The fraction of sp³-hybridized carbons (Fsp3) is 0.325. The molecule has 0 aliphatic carbocycles. The van der Waals surface area contributed by atoms with E-state index in [1.807, 2.05) is 36.4 Å². The Bertz CT molecular complexity index is 2110. The molecule has 1 fully saturated rings. The molecule has 1 aromatic heterocycles. The molecule has 2 N–H and O–H groups in total. The number of nitrogens with zero attached hydrogens (tertiary/aromatic N) is 3. The predicted octanol–water partition coefficient (Wildman–Crippen LogP) is 5.87. The summed E-state index contributed by atoms with van der Waals surface area (Å²) in [6.45, 7) is 0.520. The Morgan fingerprint density at radius 2 is 1.70 bits per heavy atom. The van der Waals surface area contributed by atoms with E-state index in [9.17, 15) is 24.0 Å². The Morgan fingerprint density at radius 1 is 0.925 bits per heavy atom. The van der Waals surface area contributed by atoms with Crippen LogP contribution >= 0.6 is 0 Å². The lowest BCUT2D eigenvalue weighted by atomic mass is 10.0. The van der Waals surface area contributed by atoms with Gasteiger partial charge in [0.1, 0.15) is 23.9 Å². The van der Waals surface area contributed by atoms with Crippen LogP contribution in [0.3, 0.4) is 0 Å². The lowest BCUT2D eigenvalue weighted by Gasteiger charge is -2.27. The number of ether oxygens (including phenoxy) is 3. The highest BCUT2D eigenvalue weighted by atomic mass is 16.5. The van der Waals surface area contributed by atoms with Crippen molar-refractivity contribution >= 4 is 52.0 Å². The van der Waals surface area contributed by atoms with Gasteiger partial charge in [0.05, 0.1) is 30.4 Å². The van der Waals surface area contributed by atoms with Gasteiger partial charge in [-0.2, -0.15) is 0 Å². The van der Waals surface area contributed by atoms with Gasteiger partial charge in [-0.3, -0.25) is 34.2 Å². The van der Waals surface area contributed by atoms with Gasteiger partial charge in [-0.1, -0.05) is 44.1 Å². The first-order chi connectivity index (χ1) is 25.7. The number of nitrogens with one attached hydrogen (secondary N) is 2. The highest BCUT2D eigenvalue weighted by Gasteiger charge is 2.44. The second-order valence-corrected chi connectivity index (χ2v) is 12.8. The first-order valence-electron chi connectivity index (χ1n) is 17.6. The number of hydrogen-bond donors (Lipinski definition) is 2. The van der Waals surface area contributed by atoms with Gasteiger partial charge in [0, 0.05) is 35.5 Å². The number of carbonyl (C=O) groups excluding carboxylic acids is 5. The zero-order valence-corrected chi connectivity index (χ0v) is 29.3. The normalized spacial score (nSPS) is 15.2. The molecule has 1 atom stereocenters. The van der Waals surface area contributed by atoms with Crippen LogP contribution in [0.25, 0.3) is 10.9 Å². The van der Waals surface area contributed by atoms with E-state index in [-0.39, 0.29) is 36.1 Å². The van der Waals surface area contributed by atoms with Crippen molar-refractivity contribution in [2.24, 2.45) is 0 Å². The Labute approximate surface area is 306 Å². The number of imide groups is 2. The van der Waals surface area contributed by atoms with Crippen LogP contribution in [0.1, 0.15) is 90.5 Å². The first-order valence-corrected chi connectivity index (χ1v) is 17.6. The summed E-state index contributed by atoms with van der Waals surface area (Å²) in [5.74, 6) is 1.79. The Kier molecular flexibility index (Phi) is 11.6. The van der Waals surface area contributed by atoms with Gasteiger partial charge in [0.2, 0.25) is 11.8 Å². The van der Waals surface area contributed by atoms with Crippen LogP contribution < -0.4 is 24.8 Å². The van der Waals surface area contributed by atoms with Gasteiger partial charge in [-0.15, -0.1) is 6.42 Å². The summed E-state index contributed by atoms with van der Waals surface area (Å²) in [6, 6.07) is 14.4. The Morgan fingerprint density at radius 3 is 2.47 bits per heavy atom. The van der Waals surface area contributed by atoms with Crippen LogP contribution in [-0.4, -0.2) is 64.2 Å². The number of amides is 4. The number of methoxy groups -OCH3 is 1. The van der Waals surface area contributed by atoms with E-state index >= 15 is 0 Å². The molecule has 2 aliphatic rings. The van der Waals surface area contributed by atoms with Gasteiger partial charge in [0.25, 0.3) is 11.8 Å². The molecular formula is C40H39N5O8. The molecule has 3 heterocycles. The van der Waals surface area contributed by atoms with Gasteiger partial charge in [0.15, 0.2) is 11.5 Å². The SMILES string of the molecule is C#Cc1cccc(Nc2ncnc3cc(OC)c(OCCCCCCCCCC(=O)Oc4ccc5c(c4)C(=O)N(C4CCC(=O)NC4=O)C5=O)cc23)c1. The van der Waals surface area contributed by atoms with Crippen molar-refractivity contribution in [3.8, 4) is 29.6 Å². The molecule has 3 aromatic carbocycles. The number of hydrogen-bond acceptors (Lipinski definition) is 11. The number of terminal acetylenes is 1. The van der Waals surface area contributed by atoms with E-state index in [1.165, 1.54) is 24.5 Å². The molecule has 13 heteroatoms. The van der Waals surface area contributed by atoms with Gasteiger partial charge in [-0.05, 0) is 61.7 Å². The zero-order valence-electron chi connectivity index (χ0n) is 29.3. The molecule has 6 rings (SSSR count). The van der Waals surface area contributed by atoms with Crippen LogP contribution in [0.2, 0.25) is 0 Å². The van der Waals surface area contributed by atoms with Gasteiger partial charge < -0.3 is 19.5 Å². The molecule has 2 aliphatic heterocycles. The summed E-state index contributed by atoms with van der Waals surface area (Å²) in [5.41, 5.74) is 2.48. The molecule has 4 amide bonds. The lowest BCUT2D eigenvalue weighted by molar-refractivity contribution is -0.136. The van der Waals surface area contributed by atoms with Crippen molar-refractivity contribution in [3.63, 3.8) is 0 Å². The number of anilines is 2. The quantitative estimate of drug-likeness (QED) is 0.0468. The van der Waals surface area contributed by atoms with Crippen molar-refractivity contribution in [1.29, 1.82) is 0 Å². The first kappa shape index (κ1) is 36.5. The molecule has 1 saturated heterocycles. The summed E-state index contributed by atoms with van der Waals surface area (Å²) in [5, 5.41) is 6.28. The average molecular weight is 718 g/mol. The van der Waals surface area contributed by atoms with E-state index in [2.05, 4.69) is 26.5 Å². The minimum Gasteiger partial charge on any atom is -0.493 e. The largest absolute Gasteiger partial charge is 0.493 e. The summed E-state index contributed by atoms with van der Waals surface area (Å²) in [7, 11) is 1.60. The third kappa shape index (κ3) is 8.61. The highest BCUT2D eigenvalue weighted by Crippen LogP contribution is 2.35. The second-order valence-electron chi connectivity index (χ2n) is 12.8. The van der Waals surface area contributed by atoms with Crippen molar-refractivity contribution in [2.75, 3.05) is 19.0 Å². The summed E-state index contributed by atoms with van der Waals surface area (Å²) in [6.07, 6.45) is 13.8. The fourth-order valence-corrected chi connectivity index (χ4v) is 6.39. The van der Waals surface area contributed by atoms with Crippen LogP contribution in [-0.2, 0) is 14.4 Å². The third-order valence-electron chi connectivity index (χ3n) is 9.14. The number of aromatic nitrogens is 2. The number of unbranched alkanes of at least 4 members (excludes halogenated alkanes) is 6. The molecule has 1 unspecified atom stereocenters. The Balaban J connectivity index is 0.890. The van der Waals surface area contributed by atoms with E-state index in [1.54, 1.807) is 7.11 Å². The average Bonchev–Trinajstić information content (AvgIpc) is 3.40. The minimum atomic E-state index is -1.06. The number of fused-ring (bicyclic) bond motifs is 2. The standard InChI is InChI=1S/C40H39N5O8/c1-3-25-12-11-13-26(20-25)43-37-30-22-34(33(51-2)23-31(30)41-24-42-37)52-19-10-8-6-4-5-7-9-14-36(47)53-27-15-16-28-29(21-27)40(50)45(39(28)49)32-17-18-35(46)44-38(32)48/h1,11-13,15-16,20-24,32H,4-10,14,17-19H2,2H3,(H,41,42,43)(H,44,46,48).